The van der Waals surface area contributed by atoms with Crippen LogP contribution >= 0.6 is 0 Å². The standard InChI is InChI=1S/C12H16FNO2/c1-8-3-4-10(7-11(8)13)9(2)14-6-5-12(15)16/h3-4,7,9,14H,5-6H2,1-2H3,(H,15,16). The van der Waals surface area contributed by atoms with E-state index in [9.17, 15) is 9.18 Å². The van der Waals surface area contributed by atoms with Crippen LogP contribution in [0.2, 0.25) is 0 Å². The highest BCUT2D eigenvalue weighted by Gasteiger charge is 2.07. The van der Waals surface area contributed by atoms with Crippen molar-refractivity contribution in [1.29, 1.82) is 0 Å². The summed E-state index contributed by atoms with van der Waals surface area (Å²) in [5.74, 6) is -1.07. The van der Waals surface area contributed by atoms with Gasteiger partial charge in [-0.3, -0.25) is 4.79 Å². The summed E-state index contributed by atoms with van der Waals surface area (Å²) in [6.07, 6.45) is 0.0681. The fourth-order valence-corrected chi connectivity index (χ4v) is 1.39. The van der Waals surface area contributed by atoms with Crippen LogP contribution in [-0.2, 0) is 4.79 Å². The van der Waals surface area contributed by atoms with Crippen molar-refractivity contribution in [2.45, 2.75) is 26.3 Å². The Hall–Kier alpha value is -1.42. The molecule has 0 aromatic heterocycles. The number of nitrogens with one attached hydrogen (secondary N) is 1. The Balaban J connectivity index is 2.55. The molecule has 3 nitrogen and oxygen atoms in total. The molecule has 1 aromatic carbocycles. The van der Waals surface area contributed by atoms with Gasteiger partial charge in [0, 0.05) is 12.6 Å². The van der Waals surface area contributed by atoms with Gasteiger partial charge in [0.2, 0.25) is 0 Å². The van der Waals surface area contributed by atoms with Crippen LogP contribution in [0.1, 0.15) is 30.5 Å². The number of hydrogen-bond donors (Lipinski definition) is 2. The van der Waals surface area contributed by atoms with Crippen LogP contribution in [-0.4, -0.2) is 17.6 Å². The maximum Gasteiger partial charge on any atom is 0.304 e. The maximum atomic E-state index is 13.3. The van der Waals surface area contributed by atoms with Gasteiger partial charge >= 0.3 is 5.97 Å². The Bertz CT molecular complexity index is 379. The summed E-state index contributed by atoms with van der Waals surface area (Å²) in [5, 5.41) is 11.5. The lowest BCUT2D eigenvalue weighted by atomic mass is 10.1. The van der Waals surface area contributed by atoms with Gasteiger partial charge in [0.1, 0.15) is 5.82 Å². The zero-order valence-corrected chi connectivity index (χ0v) is 9.46. The largest absolute Gasteiger partial charge is 0.481 e. The van der Waals surface area contributed by atoms with Crippen molar-refractivity contribution in [3.8, 4) is 0 Å². The molecule has 2 N–H and O–H groups in total. The van der Waals surface area contributed by atoms with E-state index < -0.39 is 5.97 Å². The fraction of sp³-hybridized carbons (Fsp3) is 0.417. The van der Waals surface area contributed by atoms with Crippen LogP contribution in [0.15, 0.2) is 18.2 Å². The second-order valence-electron chi connectivity index (χ2n) is 3.83. The number of aliphatic carboxylic acids is 1. The molecule has 0 radical (unpaired) electrons. The lowest BCUT2D eigenvalue weighted by Gasteiger charge is -2.14. The Labute approximate surface area is 94.3 Å². The first-order valence-corrected chi connectivity index (χ1v) is 5.22. The van der Waals surface area contributed by atoms with Crippen molar-refractivity contribution in [3.05, 3.63) is 35.1 Å². The van der Waals surface area contributed by atoms with Gasteiger partial charge in [0.15, 0.2) is 0 Å². The number of carboxylic acids is 1. The predicted molar refractivity (Wildman–Crippen MR) is 59.8 cm³/mol. The molecule has 1 unspecified atom stereocenters. The minimum atomic E-state index is -0.838. The first-order chi connectivity index (χ1) is 7.50. The van der Waals surface area contributed by atoms with Crippen molar-refractivity contribution < 1.29 is 14.3 Å². The molecule has 0 saturated heterocycles. The van der Waals surface area contributed by atoms with E-state index >= 15 is 0 Å². The van der Waals surface area contributed by atoms with Gasteiger partial charge in [-0.25, -0.2) is 4.39 Å². The Morgan fingerprint density at radius 2 is 2.25 bits per heavy atom. The number of rotatable bonds is 5. The van der Waals surface area contributed by atoms with Crippen molar-refractivity contribution in [2.75, 3.05) is 6.54 Å². The molecule has 0 amide bonds. The number of hydrogen-bond acceptors (Lipinski definition) is 2. The molecule has 0 saturated carbocycles. The lowest BCUT2D eigenvalue weighted by Crippen LogP contribution is -2.22. The average molecular weight is 225 g/mol. The van der Waals surface area contributed by atoms with Gasteiger partial charge in [-0.1, -0.05) is 12.1 Å². The van der Waals surface area contributed by atoms with Crippen LogP contribution in [0.5, 0.6) is 0 Å². The normalized spacial score (nSPS) is 12.4. The molecule has 1 rings (SSSR count). The van der Waals surface area contributed by atoms with E-state index in [1.165, 1.54) is 6.07 Å². The summed E-state index contributed by atoms with van der Waals surface area (Å²) in [7, 11) is 0. The highest BCUT2D eigenvalue weighted by molar-refractivity contribution is 5.66. The zero-order chi connectivity index (χ0) is 12.1. The van der Waals surface area contributed by atoms with E-state index in [1.54, 1.807) is 13.0 Å². The fourth-order valence-electron chi connectivity index (χ4n) is 1.39. The third kappa shape index (κ3) is 3.62. The summed E-state index contributed by atoms with van der Waals surface area (Å²) in [6.45, 7) is 3.97. The summed E-state index contributed by atoms with van der Waals surface area (Å²) in [4.78, 5) is 10.3. The van der Waals surface area contributed by atoms with Gasteiger partial charge in [-0.05, 0) is 31.0 Å². The average Bonchev–Trinajstić information content (AvgIpc) is 2.21. The molecule has 0 fully saturated rings. The van der Waals surface area contributed by atoms with Gasteiger partial charge in [-0.2, -0.15) is 0 Å². The number of halogens is 1. The monoisotopic (exact) mass is 225 g/mol. The summed E-state index contributed by atoms with van der Waals surface area (Å²) >= 11 is 0. The highest BCUT2D eigenvalue weighted by atomic mass is 19.1. The van der Waals surface area contributed by atoms with Crippen LogP contribution in [0.25, 0.3) is 0 Å². The molecule has 0 heterocycles. The van der Waals surface area contributed by atoms with E-state index in [-0.39, 0.29) is 18.3 Å². The Morgan fingerprint density at radius 3 is 2.81 bits per heavy atom. The smallest absolute Gasteiger partial charge is 0.304 e. The number of carbonyl (C=O) groups is 1. The van der Waals surface area contributed by atoms with Gasteiger partial charge < -0.3 is 10.4 Å². The Kier molecular flexibility index (Phi) is 4.43. The summed E-state index contributed by atoms with van der Waals surface area (Å²) in [6, 6.07) is 5.00. The van der Waals surface area contributed by atoms with Crippen LogP contribution in [0.3, 0.4) is 0 Å². The molecule has 88 valence electrons. The zero-order valence-electron chi connectivity index (χ0n) is 9.46. The van der Waals surface area contributed by atoms with Crippen molar-refractivity contribution in [1.82, 2.24) is 5.32 Å². The van der Waals surface area contributed by atoms with E-state index in [4.69, 9.17) is 5.11 Å². The molecule has 16 heavy (non-hydrogen) atoms. The lowest BCUT2D eigenvalue weighted by molar-refractivity contribution is -0.136. The SMILES string of the molecule is Cc1ccc(C(C)NCCC(=O)O)cc1F. The minimum Gasteiger partial charge on any atom is -0.481 e. The molecule has 0 spiro atoms. The first-order valence-electron chi connectivity index (χ1n) is 5.22. The van der Waals surface area contributed by atoms with E-state index in [2.05, 4.69) is 5.32 Å². The first kappa shape index (κ1) is 12.6. The molecule has 0 bridgehead atoms. The van der Waals surface area contributed by atoms with Gasteiger partial charge in [-0.15, -0.1) is 0 Å². The van der Waals surface area contributed by atoms with Gasteiger partial charge in [0.05, 0.1) is 6.42 Å². The number of benzene rings is 1. The van der Waals surface area contributed by atoms with E-state index in [0.717, 1.165) is 5.56 Å². The van der Waals surface area contributed by atoms with Gasteiger partial charge in [0.25, 0.3) is 0 Å². The number of carboxylic acid groups (broad SMARTS) is 1. The van der Waals surface area contributed by atoms with Crippen molar-refractivity contribution in [3.63, 3.8) is 0 Å². The molecule has 0 aliphatic heterocycles. The van der Waals surface area contributed by atoms with Crippen LogP contribution in [0.4, 0.5) is 4.39 Å². The molecule has 4 heteroatoms. The molecule has 0 aliphatic carbocycles. The molecule has 0 aliphatic rings. The summed E-state index contributed by atoms with van der Waals surface area (Å²) in [5.41, 5.74) is 1.44. The third-order valence-electron chi connectivity index (χ3n) is 2.49. The van der Waals surface area contributed by atoms with Crippen LogP contribution < -0.4 is 5.32 Å². The molecule has 1 atom stereocenters. The molecular weight excluding hydrogens is 209 g/mol. The second kappa shape index (κ2) is 5.61. The topological polar surface area (TPSA) is 49.3 Å². The van der Waals surface area contributed by atoms with E-state index in [1.807, 2.05) is 13.0 Å². The van der Waals surface area contributed by atoms with Crippen molar-refractivity contribution >= 4 is 5.97 Å². The molecular formula is C12H16FNO2. The number of aryl methyl sites for hydroxylation is 1. The molecule has 1 aromatic rings. The second-order valence-corrected chi connectivity index (χ2v) is 3.83. The van der Waals surface area contributed by atoms with E-state index in [0.29, 0.717) is 12.1 Å². The predicted octanol–water partition coefficient (Wildman–Crippen LogP) is 2.26. The summed E-state index contributed by atoms with van der Waals surface area (Å²) < 4.78 is 13.3. The minimum absolute atomic E-state index is 0.0468. The van der Waals surface area contributed by atoms with Crippen LogP contribution in [0, 0.1) is 12.7 Å². The van der Waals surface area contributed by atoms with Crippen molar-refractivity contribution in [2.24, 2.45) is 0 Å². The Morgan fingerprint density at radius 1 is 1.56 bits per heavy atom. The highest BCUT2D eigenvalue weighted by Crippen LogP contribution is 2.15. The third-order valence-corrected chi connectivity index (χ3v) is 2.49. The quantitative estimate of drug-likeness (QED) is 0.808. The maximum absolute atomic E-state index is 13.3.